The molecule has 8 nitrogen and oxygen atoms in total. The number of nitrogen functional groups attached to an aromatic ring is 1. The first kappa shape index (κ1) is 22.3. The second kappa shape index (κ2) is 10.1. The van der Waals surface area contributed by atoms with Crippen LogP contribution in [0, 0.1) is 5.92 Å². The highest BCUT2D eigenvalue weighted by molar-refractivity contribution is 7.17. The number of aliphatic hydroxyl groups is 1. The molecule has 1 fully saturated rings. The summed E-state index contributed by atoms with van der Waals surface area (Å²) in [4.78, 5) is 31.3. The van der Waals surface area contributed by atoms with Crippen molar-refractivity contribution in [2.24, 2.45) is 5.92 Å². The number of rotatable bonds is 5. The van der Waals surface area contributed by atoms with E-state index in [0.717, 1.165) is 48.1 Å². The van der Waals surface area contributed by atoms with Crippen LogP contribution in [0.4, 0.5) is 15.5 Å². The molecule has 1 saturated heterocycles. The lowest BCUT2D eigenvalue weighted by Gasteiger charge is -2.30. The quantitative estimate of drug-likeness (QED) is 0.595. The maximum atomic E-state index is 12.3. The monoisotopic (exact) mass is 456 g/mol. The Labute approximate surface area is 191 Å². The van der Waals surface area contributed by atoms with Gasteiger partial charge in [0.25, 0.3) is 0 Å². The second-order valence-electron chi connectivity index (χ2n) is 8.28. The molecule has 2 aromatic heterocycles. The van der Waals surface area contributed by atoms with Crippen molar-refractivity contribution in [2.45, 2.75) is 38.2 Å². The summed E-state index contributed by atoms with van der Waals surface area (Å²) in [6.45, 7) is 1.32. The van der Waals surface area contributed by atoms with Crippen LogP contribution in [0.3, 0.4) is 0 Å². The zero-order valence-electron chi connectivity index (χ0n) is 17.8. The van der Waals surface area contributed by atoms with Gasteiger partial charge in [0.05, 0.1) is 18.4 Å². The zero-order chi connectivity index (χ0) is 22.5. The molecule has 0 bridgehead atoms. The van der Waals surface area contributed by atoms with Gasteiger partial charge in [-0.2, -0.15) is 0 Å². The molecule has 2 aromatic rings. The number of aliphatic hydroxyl groups excluding tert-OH is 1. The fraction of sp³-hybridized carbons (Fsp3) is 0.435. The molecule has 1 aliphatic carbocycles. The summed E-state index contributed by atoms with van der Waals surface area (Å²) < 4.78 is 5.53. The number of carbonyl (C=O) groups excluding carboxylic acids is 2. The molecule has 1 unspecified atom stereocenters. The minimum Gasteiger partial charge on any atom is -0.449 e. The molecular formula is C23H28N4O4S. The van der Waals surface area contributed by atoms with Crippen molar-refractivity contribution in [3.63, 3.8) is 0 Å². The molecule has 4 N–H and O–H groups in total. The van der Waals surface area contributed by atoms with Gasteiger partial charge in [0.1, 0.15) is 5.00 Å². The van der Waals surface area contributed by atoms with Crippen LogP contribution in [-0.2, 0) is 22.4 Å². The Morgan fingerprint density at radius 2 is 2.28 bits per heavy atom. The van der Waals surface area contributed by atoms with Gasteiger partial charge in [0.2, 0.25) is 5.91 Å². The van der Waals surface area contributed by atoms with Gasteiger partial charge in [0, 0.05) is 36.4 Å². The second-order valence-corrected chi connectivity index (χ2v) is 9.39. The molecular weight excluding hydrogens is 428 g/mol. The molecule has 0 aromatic carbocycles. The third kappa shape index (κ3) is 5.46. The molecule has 0 radical (unpaired) electrons. The van der Waals surface area contributed by atoms with Crippen LogP contribution in [-0.4, -0.2) is 52.8 Å². The number of hydrogen-bond donors (Lipinski definition) is 3. The van der Waals surface area contributed by atoms with Gasteiger partial charge < -0.3 is 25.8 Å². The molecule has 4 rings (SSSR count). The molecule has 2 aliphatic rings. The van der Waals surface area contributed by atoms with E-state index >= 15 is 0 Å². The Balaban J connectivity index is 1.31. The molecule has 9 heteroatoms. The van der Waals surface area contributed by atoms with Gasteiger partial charge in [-0.15, -0.1) is 11.3 Å². The number of fused-ring (bicyclic) bond motifs is 1. The van der Waals surface area contributed by atoms with Gasteiger partial charge in [0.15, 0.2) is 0 Å². The van der Waals surface area contributed by atoms with E-state index in [1.807, 2.05) is 12.1 Å². The standard InChI is InChI=1S/C23H28N4O4S/c24-21-18-7-5-16(14-31-23(30)27-10-2-4-17(28)13-27)11-19(18)32-22(21)26-20(29)8-6-15-3-1-9-25-12-15/h1,3,6,8-9,12,16-17,28H,2,4-5,7,10-11,13-14,24H2,(H,26,29)/b8-6+/t16?,17-/m0/s1. The number of pyridine rings is 1. The SMILES string of the molecule is Nc1c(NC(=O)/C=C/c2cccnc2)sc2c1CCC(COC(=O)N1CCC[C@H](O)C1)C2. The van der Waals surface area contributed by atoms with Gasteiger partial charge in [-0.1, -0.05) is 6.07 Å². The highest BCUT2D eigenvalue weighted by atomic mass is 32.1. The van der Waals surface area contributed by atoms with Crippen LogP contribution < -0.4 is 11.1 Å². The topological polar surface area (TPSA) is 118 Å². The van der Waals surface area contributed by atoms with Gasteiger partial charge in [-0.25, -0.2) is 4.79 Å². The number of amides is 2. The first-order chi connectivity index (χ1) is 15.5. The first-order valence-electron chi connectivity index (χ1n) is 10.9. The Morgan fingerprint density at radius 1 is 1.41 bits per heavy atom. The summed E-state index contributed by atoms with van der Waals surface area (Å²) in [5.74, 6) is -0.0263. The van der Waals surface area contributed by atoms with Crippen molar-refractivity contribution in [1.29, 1.82) is 0 Å². The number of anilines is 2. The Hall–Kier alpha value is -2.91. The first-order valence-corrected chi connectivity index (χ1v) is 11.7. The van der Waals surface area contributed by atoms with E-state index in [0.29, 0.717) is 30.4 Å². The lowest BCUT2D eigenvalue weighted by molar-refractivity contribution is -0.111. The third-order valence-corrected chi connectivity index (χ3v) is 7.04. The van der Waals surface area contributed by atoms with Crippen molar-refractivity contribution < 1.29 is 19.4 Å². The summed E-state index contributed by atoms with van der Waals surface area (Å²) in [5.41, 5.74) is 8.87. The minimum atomic E-state index is -0.463. The fourth-order valence-corrected chi connectivity index (χ4v) is 5.40. The number of aromatic nitrogens is 1. The summed E-state index contributed by atoms with van der Waals surface area (Å²) in [6.07, 6.45) is 9.68. The maximum Gasteiger partial charge on any atom is 0.409 e. The van der Waals surface area contributed by atoms with Crippen LogP contribution in [0.25, 0.3) is 6.08 Å². The molecule has 1 aliphatic heterocycles. The number of nitrogens with one attached hydrogen (secondary N) is 1. The molecule has 0 spiro atoms. The number of likely N-dealkylation sites (tertiary alicyclic amines) is 1. The summed E-state index contributed by atoms with van der Waals surface area (Å²) >= 11 is 1.49. The smallest absolute Gasteiger partial charge is 0.409 e. The Bertz CT molecular complexity index is 991. The van der Waals surface area contributed by atoms with E-state index < -0.39 is 6.10 Å². The average Bonchev–Trinajstić information content (AvgIpc) is 3.11. The number of hydrogen-bond acceptors (Lipinski definition) is 7. The maximum absolute atomic E-state index is 12.3. The number of ether oxygens (including phenoxy) is 1. The summed E-state index contributed by atoms with van der Waals surface area (Å²) in [5, 5.41) is 13.3. The number of piperidine rings is 1. The molecule has 2 atom stereocenters. The Morgan fingerprint density at radius 3 is 3.06 bits per heavy atom. The molecule has 170 valence electrons. The number of nitrogens with zero attached hydrogens (tertiary/aromatic N) is 2. The molecule has 32 heavy (non-hydrogen) atoms. The Kier molecular flexibility index (Phi) is 7.06. The minimum absolute atomic E-state index is 0.216. The normalized spacial score (nSPS) is 20.7. The lowest BCUT2D eigenvalue weighted by atomic mass is 9.89. The van der Waals surface area contributed by atoms with Crippen molar-refractivity contribution in [3.05, 3.63) is 46.6 Å². The average molecular weight is 457 g/mol. The number of nitrogens with two attached hydrogens (primary N) is 1. The van der Waals surface area contributed by atoms with Crippen LogP contribution in [0.5, 0.6) is 0 Å². The molecule has 2 amide bonds. The van der Waals surface area contributed by atoms with E-state index in [4.69, 9.17) is 10.5 Å². The lowest BCUT2D eigenvalue weighted by Crippen LogP contribution is -2.42. The summed E-state index contributed by atoms with van der Waals surface area (Å²) in [6, 6.07) is 3.68. The van der Waals surface area contributed by atoms with E-state index in [1.165, 1.54) is 17.4 Å². The van der Waals surface area contributed by atoms with Crippen molar-refractivity contribution in [1.82, 2.24) is 9.88 Å². The van der Waals surface area contributed by atoms with Gasteiger partial charge in [-0.05, 0) is 61.3 Å². The number of carbonyl (C=O) groups is 2. The van der Waals surface area contributed by atoms with Crippen LogP contribution in [0.15, 0.2) is 30.6 Å². The predicted octanol–water partition coefficient (Wildman–Crippen LogP) is 3.08. The van der Waals surface area contributed by atoms with E-state index in [1.54, 1.807) is 23.4 Å². The van der Waals surface area contributed by atoms with Crippen LogP contribution in [0.2, 0.25) is 0 Å². The summed E-state index contributed by atoms with van der Waals surface area (Å²) in [7, 11) is 0. The van der Waals surface area contributed by atoms with Gasteiger partial charge >= 0.3 is 6.09 Å². The highest BCUT2D eigenvalue weighted by Gasteiger charge is 2.28. The largest absolute Gasteiger partial charge is 0.449 e. The van der Waals surface area contributed by atoms with E-state index in [2.05, 4.69) is 10.3 Å². The molecule has 0 saturated carbocycles. The van der Waals surface area contributed by atoms with Crippen molar-refractivity contribution in [2.75, 3.05) is 30.7 Å². The molecule has 3 heterocycles. The van der Waals surface area contributed by atoms with E-state index in [-0.39, 0.29) is 17.9 Å². The van der Waals surface area contributed by atoms with Crippen molar-refractivity contribution >= 4 is 40.1 Å². The van der Waals surface area contributed by atoms with Crippen LogP contribution in [0.1, 0.15) is 35.3 Å². The number of β-amino-alcohol motifs (C(OH)–C–C–N with tert-alkyl or cyclic N) is 1. The fourth-order valence-electron chi connectivity index (χ4n) is 4.11. The van der Waals surface area contributed by atoms with Crippen LogP contribution >= 0.6 is 11.3 Å². The predicted molar refractivity (Wildman–Crippen MR) is 124 cm³/mol. The van der Waals surface area contributed by atoms with Gasteiger partial charge in [-0.3, -0.25) is 9.78 Å². The highest BCUT2D eigenvalue weighted by Crippen LogP contribution is 2.41. The van der Waals surface area contributed by atoms with Crippen molar-refractivity contribution in [3.8, 4) is 0 Å². The zero-order valence-corrected chi connectivity index (χ0v) is 18.6. The van der Waals surface area contributed by atoms with E-state index in [9.17, 15) is 14.7 Å². The number of thiophene rings is 1. The third-order valence-electron chi connectivity index (χ3n) is 5.85.